The van der Waals surface area contributed by atoms with Crippen LogP contribution in [0.1, 0.15) is 29.1 Å². The summed E-state index contributed by atoms with van der Waals surface area (Å²) in [5, 5.41) is 16.1. The molecule has 1 amide bonds. The molecule has 0 radical (unpaired) electrons. The van der Waals surface area contributed by atoms with E-state index in [9.17, 15) is 14.3 Å². The standard InChI is InChI=1S/C15H13FN2O3/c1-3-8-17-15(20)14-12(9(2)19)13(18-21-14)10-4-6-11(16)7-5-10/h1,4-7,9,19H,8H2,2H3,(H,17,20)/t9-/m0/s1. The number of hydrogen-bond acceptors (Lipinski definition) is 4. The average molecular weight is 288 g/mol. The van der Waals surface area contributed by atoms with Gasteiger partial charge in [-0.25, -0.2) is 4.39 Å². The Morgan fingerprint density at radius 2 is 2.19 bits per heavy atom. The molecule has 1 aromatic carbocycles. The number of amides is 1. The first kappa shape index (κ1) is 14.8. The third kappa shape index (κ3) is 3.09. The van der Waals surface area contributed by atoms with Gasteiger partial charge in [-0.2, -0.15) is 0 Å². The van der Waals surface area contributed by atoms with Crippen LogP contribution in [-0.4, -0.2) is 22.7 Å². The molecule has 1 aromatic heterocycles. The summed E-state index contributed by atoms with van der Waals surface area (Å²) >= 11 is 0. The van der Waals surface area contributed by atoms with E-state index in [1.54, 1.807) is 0 Å². The number of carbonyl (C=O) groups excluding carboxylic acids is 1. The van der Waals surface area contributed by atoms with Crippen LogP contribution in [0, 0.1) is 18.2 Å². The lowest BCUT2D eigenvalue weighted by atomic mass is 10.0. The van der Waals surface area contributed by atoms with Crippen molar-refractivity contribution >= 4 is 5.91 Å². The predicted octanol–water partition coefficient (Wildman–Crippen LogP) is 1.90. The second-order valence-corrected chi connectivity index (χ2v) is 4.34. The van der Waals surface area contributed by atoms with Crippen molar-refractivity contribution in [3.05, 3.63) is 41.4 Å². The molecule has 0 spiro atoms. The molecule has 2 N–H and O–H groups in total. The second-order valence-electron chi connectivity index (χ2n) is 4.34. The molecule has 0 fully saturated rings. The molecule has 0 bridgehead atoms. The van der Waals surface area contributed by atoms with Crippen molar-refractivity contribution in [1.29, 1.82) is 0 Å². The van der Waals surface area contributed by atoms with Gasteiger partial charge in [0, 0.05) is 5.56 Å². The van der Waals surface area contributed by atoms with E-state index in [2.05, 4.69) is 16.4 Å². The third-order valence-electron chi connectivity index (χ3n) is 2.82. The molecule has 1 heterocycles. The summed E-state index contributed by atoms with van der Waals surface area (Å²) in [6.07, 6.45) is 4.08. The zero-order chi connectivity index (χ0) is 15.4. The van der Waals surface area contributed by atoms with E-state index < -0.39 is 17.8 Å². The number of aliphatic hydroxyl groups excluding tert-OH is 1. The molecule has 0 aliphatic carbocycles. The van der Waals surface area contributed by atoms with Crippen molar-refractivity contribution in [2.24, 2.45) is 0 Å². The number of nitrogens with one attached hydrogen (secondary N) is 1. The number of hydrogen-bond donors (Lipinski definition) is 2. The largest absolute Gasteiger partial charge is 0.388 e. The Kier molecular flexibility index (Phi) is 4.36. The highest BCUT2D eigenvalue weighted by molar-refractivity contribution is 5.94. The first-order chi connectivity index (χ1) is 10.0. The maximum Gasteiger partial charge on any atom is 0.291 e. The van der Waals surface area contributed by atoms with E-state index in [-0.39, 0.29) is 23.6 Å². The van der Waals surface area contributed by atoms with Gasteiger partial charge in [-0.3, -0.25) is 4.79 Å². The number of aliphatic hydroxyl groups is 1. The van der Waals surface area contributed by atoms with Crippen LogP contribution in [-0.2, 0) is 0 Å². The number of aromatic nitrogens is 1. The van der Waals surface area contributed by atoms with Crippen molar-refractivity contribution < 1.29 is 18.8 Å². The van der Waals surface area contributed by atoms with E-state index in [0.717, 1.165) is 0 Å². The van der Waals surface area contributed by atoms with Gasteiger partial charge in [-0.15, -0.1) is 6.42 Å². The molecule has 108 valence electrons. The van der Waals surface area contributed by atoms with Crippen LogP contribution in [0.4, 0.5) is 4.39 Å². The number of halogens is 1. The quantitative estimate of drug-likeness (QED) is 0.843. The first-order valence-electron chi connectivity index (χ1n) is 6.19. The van der Waals surface area contributed by atoms with Crippen molar-refractivity contribution in [3.8, 4) is 23.6 Å². The van der Waals surface area contributed by atoms with Gasteiger partial charge in [0.05, 0.1) is 18.2 Å². The Morgan fingerprint density at radius 3 is 2.76 bits per heavy atom. The maximum atomic E-state index is 13.0. The average Bonchev–Trinajstić information content (AvgIpc) is 2.90. The van der Waals surface area contributed by atoms with Crippen molar-refractivity contribution in [2.75, 3.05) is 6.54 Å². The zero-order valence-electron chi connectivity index (χ0n) is 11.3. The second kappa shape index (κ2) is 6.20. The summed E-state index contributed by atoms with van der Waals surface area (Å²) in [6, 6.07) is 5.49. The highest BCUT2D eigenvalue weighted by Gasteiger charge is 2.26. The topological polar surface area (TPSA) is 75.4 Å². The van der Waals surface area contributed by atoms with Crippen LogP contribution >= 0.6 is 0 Å². The van der Waals surface area contributed by atoms with E-state index in [4.69, 9.17) is 10.9 Å². The lowest BCUT2D eigenvalue weighted by Crippen LogP contribution is -2.24. The van der Waals surface area contributed by atoms with Gasteiger partial charge < -0.3 is 14.9 Å². The van der Waals surface area contributed by atoms with Crippen molar-refractivity contribution in [3.63, 3.8) is 0 Å². The van der Waals surface area contributed by atoms with E-state index >= 15 is 0 Å². The minimum Gasteiger partial charge on any atom is -0.388 e. The van der Waals surface area contributed by atoms with Gasteiger partial charge in [0.15, 0.2) is 0 Å². The van der Waals surface area contributed by atoms with Gasteiger partial charge in [0.25, 0.3) is 5.91 Å². The summed E-state index contributed by atoms with van der Waals surface area (Å²) in [4.78, 5) is 11.9. The molecule has 0 saturated heterocycles. The van der Waals surface area contributed by atoms with Crippen LogP contribution in [0.15, 0.2) is 28.8 Å². The van der Waals surface area contributed by atoms with Crippen LogP contribution in [0.25, 0.3) is 11.3 Å². The summed E-state index contributed by atoms with van der Waals surface area (Å²) in [5.41, 5.74) is 1.05. The van der Waals surface area contributed by atoms with E-state index in [0.29, 0.717) is 5.56 Å². The molecule has 6 heteroatoms. The number of terminal acetylenes is 1. The fraction of sp³-hybridized carbons (Fsp3) is 0.200. The highest BCUT2D eigenvalue weighted by Crippen LogP contribution is 2.30. The summed E-state index contributed by atoms with van der Waals surface area (Å²) in [5.74, 6) is 1.19. The Labute approximate surface area is 120 Å². The number of benzene rings is 1. The molecule has 2 aromatic rings. The Bertz CT molecular complexity index is 684. The monoisotopic (exact) mass is 288 g/mol. The predicted molar refractivity (Wildman–Crippen MR) is 73.7 cm³/mol. The van der Waals surface area contributed by atoms with E-state index in [1.165, 1.54) is 31.2 Å². The van der Waals surface area contributed by atoms with Crippen LogP contribution < -0.4 is 5.32 Å². The smallest absolute Gasteiger partial charge is 0.291 e. The van der Waals surface area contributed by atoms with Crippen molar-refractivity contribution in [1.82, 2.24) is 10.5 Å². The SMILES string of the molecule is C#CCNC(=O)c1onc(-c2ccc(F)cc2)c1[C@H](C)O. The van der Waals surface area contributed by atoms with Gasteiger partial charge in [-0.1, -0.05) is 11.1 Å². The van der Waals surface area contributed by atoms with E-state index in [1.807, 2.05) is 0 Å². The van der Waals surface area contributed by atoms with Gasteiger partial charge >= 0.3 is 0 Å². The van der Waals surface area contributed by atoms with Crippen molar-refractivity contribution in [2.45, 2.75) is 13.0 Å². The number of carbonyl (C=O) groups is 1. The third-order valence-corrected chi connectivity index (χ3v) is 2.82. The molecule has 5 nitrogen and oxygen atoms in total. The first-order valence-corrected chi connectivity index (χ1v) is 6.19. The van der Waals surface area contributed by atoms with Crippen LogP contribution in [0.2, 0.25) is 0 Å². The number of nitrogens with zero attached hydrogens (tertiary/aromatic N) is 1. The lowest BCUT2D eigenvalue weighted by molar-refractivity contribution is 0.0913. The van der Waals surface area contributed by atoms with Gasteiger partial charge in [-0.05, 0) is 31.2 Å². The summed E-state index contributed by atoms with van der Waals surface area (Å²) < 4.78 is 18.0. The molecule has 0 unspecified atom stereocenters. The van der Waals surface area contributed by atoms with Crippen LogP contribution in [0.5, 0.6) is 0 Å². The molecular formula is C15H13FN2O3. The molecule has 0 saturated carbocycles. The molecule has 1 atom stereocenters. The minimum absolute atomic E-state index is 0.0324. The van der Waals surface area contributed by atoms with Gasteiger partial charge in [0.1, 0.15) is 11.5 Å². The fourth-order valence-electron chi connectivity index (χ4n) is 1.88. The lowest BCUT2D eigenvalue weighted by Gasteiger charge is -2.06. The Hall–Kier alpha value is -2.65. The normalized spacial score (nSPS) is 11.7. The maximum absolute atomic E-state index is 13.0. The highest BCUT2D eigenvalue weighted by atomic mass is 19.1. The zero-order valence-corrected chi connectivity index (χ0v) is 11.3. The Balaban J connectivity index is 2.44. The summed E-state index contributed by atoms with van der Waals surface area (Å²) in [7, 11) is 0. The molecule has 0 aliphatic rings. The molecule has 21 heavy (non-hydrogen) atoms. The van der Waals surface area contributed by atoms with Gasteiger partial charge in [0.2, 0.25) is 5.76 Å². The molecular weight excluding hydrogens is 275 g/mol. The number of rotatable bonds is 4. The van der Waals surface area contributed by atoms with Crippen LogP contribution in [0.3, 0.4) is 0 Å². The summed E-state index contributed by atoms with van der Waals surface area (Å²) in [6.45, 7) is 1.52. The minimum atomic E-state index is -0.983. The fourth-order valence-corrected chi connectivity index (χ4v) is 1.88. The molecule has 2 rings (SSSR count). The molecule has 0 aliphatic heterocycles. The Morgan fingerprint density at radius 1 is 1.52 bits per heavy atom.